The molecule has 10 nitrogen and oxygen atoms in total. The highest BCUT2D eigenvalue weighted by molar-refractivity contribution is 7.86. The SMILES string of the molecule is O=C1NC(=S)N(c2ccc(Cl)cc2)C(=O)/C1=C/c1ccc(S(=O)(=O)O)cc1S(=O)(=O)O. The summed E-state index contributed by atoms with van der Waals surface area (Å²) >= 11 is 10.9. The maximum atomic E-state index is 13.0. The second kappa shape index (κ2) is 8.11. The molecule has 1 saturated heterocycles. The molecule has 1 aliphatic rings. The summed E-state index contributed by atoms with van der Waals surface area (Å²) in [5.41, 5.74) is -0.660. The molecule has 0 spiro atoms. The van der Waals surface area contributed by atoms with Crippen LogP contribution in [0.4, 0.5) is 5.69 Å². The number of amides is 2. The van der Waals surface area contributed by atoms with Crippen LogP contribution in [0, 0.1) is 0 Å². The maximum Gasteiger partial charge on any atom is 0.295 e. The molecule has 31 heavy (non-hydrogen) atoms. The van der Waals surface area contributed by atoms with Crippen LogP contribution in [0.25, 0.3) is 6.08 Å². The average molecular weight is 503 g/mol. The Hall–Kier alpha value is -2.68. The number of rotatable bonds is 4. The van der Waals surface area contributed by atoms with Crippen LogP contribution in [-0.2, 0) is 29.8 Å². The van der Waals surface area contributed by atoms with Crippen molar-refractivity contribution in [2.75, 3.05) is 4.90 Å². The van der Waals surface area contributed by atoms with Crippen molar-refractivity contribution in [3.8, 4) is 0 Å². The number of carbonyl (C=O) groups is 2. The Morgan fingerprint density at radius 3 is 2.13 bits per heavy atom. The molecule has 1 fully saturated rings. The predicted octanol–water partition coefficient (Wildman–Crippen LogP) is 1.66. The first kappa shape index (κ1) is 23.0. The Balaban J connectivity index is 2.16. The summed E-state index contributed by atoms with van der Waals surface area (Å²) in [5, 5.41) is 2.44. The second-order valence-corrected chi connectivity index (χ2v) is 9.72. The summed E-state index contributed by atoms with van der Waals surface area (Å²) in [7, 11) is -9.79. The molecule has 0 atom stereocenters. The predicted molar refractivity (Wildman–Crippen MR) is 114 cm³/mol. The van der Waals surface area contributed by atoms with Crippen LogP contribution in [0.3, 0.4) is 0 Å². The summed E-state index contributed by atoms with van der Waals surface area (Å²) < 4.78 is 64.6. The Labute approximate surface area is 186 Å². The topological polar surface area (TPSA) is 158 Å². The van der Waals surface area contributed by atoms with Crippen molar-refractivity contribution in [1.82, 2.24) is 5.32 Å². The van der Waals surface area contributed by atoms with E-state index in [1.54, 1.807) is 0 Å². The number of thiocarbonyl (C=S) groups is 1. The summed E-state index contributed by atoms with van der Waals surface area (Å²) in [4.78, 5) is 24.5. The molecule has 0 radical (unpaired) electrons. The summed E-state index contributed by atoms with van der Waals surface area (Å²) in [5.74, 6) is -1.85. The molecule has 3 N–H and O–H groups in total. The van der Waals surface area contributed by atoms with Gasteiger partial charge >= 0.3 is 0 Å². The minimum absolute atomic E-state index is 0.230. The van der Waals surface area contributed by atoms with Crippen LogP contribution in [0.1, 0.15) is 5.56 Å². The van der Waals surface area contributed by atoms with Crippen molar-refractivity contribution in [2.45, 2.75) is 9.79 Å². The first-order valence-electron chi connectivity index (χ1n) is 8.05. The minimum atomic E-state index is -5.00. The zero-order valence-electron chi connectivity index (χ0n) is 15.0. The quantitative estimate of drug-likeness (QED) is 0.244. The minimum Gasteiger partial charge on any atom is -0.298 e. The molecule has 1 aliphatic heterocycles. The van der Waals surface area contributed by atoms with Gasteiger partial charge in [-0.1, -0.05) is 17.7 Å². The molecule has 0 aromatic heterocycles. The zero-order chi connectivity index (χ0) is 23.1. The first-order valence-corrected chi connectivity index (χ1v) is 11.7. The van der Waals surface area contributed by atoms with E-state index in [0.717, 1.165) is 23.1 Å². The molecule has 1 heterocycles. The molecule has 2 aromatic carbocycles. The van der Waals surface area contributed by atoms with Gasteiger partial charge < -0.3 is 0 Å². The molecule has 2 amide bonds. The van der Waals surface area contributed by atoms with Crippen molar-refractivity contribution in [2.24, 2.45) is 0 Å². The van der Waals surface area contributed by atoms with Gasteiger partial charge in [0.05, 0.1) is 10.6 Å². The number of nitrogens with one attached hydrogen (secondary N) is 1. The lowest BCUT2D eigenvalue weighted by molar-refractivity contribution is -0.122. The van der Waals surface area contributed by atoms with Crippen molar-refractivity contribution in [3.05, 3.63) is 58.6 Å². The van der Waals surface area contributed by atoms with Gasteiger partial charge in [0.1, 0.15) is 10.5 Å². The second-order valence-electron chi connectivity index (χ2n) is 6.08. The van der Waals surface area contributed by atoms with Gasteiger partial charge in [0.15, 0.2) is 5.11 Å². The smallest absolute Gasteiger partial charge is 0.295 e. The molecule has 0 aliphatic carbocycles. The summed E-state index contributed by atoms with van der Waals surface area (Å²) in [6, 6.07) is 8.12. The number of carbonyl (C=O) groups excluding carboxylic acids is 2. The van der Waals surface area contributed by atoms with Crippen molar-refractivity contribution < 1.29 is 35.5 Å². The molecule has 162 valence electrons. The normalized spacial score (nSPS) is 16.5. The lowest BCUT2D eigenvalue weighted by Gasteiger charge is -2.29. The Bertz CT molecular complexity index is 1370. The molecule has 0 saturated carbocycles. The van der Waals surface area contributed by atoms with E-state index >= 15 is 0 Å². The molecule has 0 bridgehead atoms. The van der Waals surface area contributed by atoms with Gasteiger partial charge in [-0.25, -0.2) is 0 Å². The van der Waals surface area contributed by atoms with E-state index in [1.807, 2.05) is 0 Å². The fraction of sp³-hybridized carbons (Fsp3) is 0. The van der Waals surface area contributed by atoms with Crippen LogP contribution in [0.15, 0.2) is 57.8 Å². The number of benzene rings is 2. The number of nitrogens with zero attached hydrogens (tertiary/aromatic N) is 1. The Kier molecular flexibility index (Phi) is 6.01. The van der Waals surface area contributed by atoms with Gasteiger partial charge in [-0.2, -0.15) is 16.8 Å². The largest absolute Gasteiger partial charge is 0.298 e. The lowest BCUT2D eigenvalue weighted by atomic mass is 10.1. The summed E-state index contributed by atoms with van der Waals surface area (Å²) in [6.07, 6.45) is 0.846. The lowest BCUT2D eigenvalue weighted by Crippen LogP contribution is -2.54. The fourth-order valence-electron chi connectivity index (χ4n) is 2.66. The van der Waals surface area contributed by atoms with E-state index in [9.17, 15) is 31.0 Å². The number of halogens is 1. The Morgan fingerprint density at radius 2 is 1.58 bits per heavy atom. The van der Waals surface area contributed by atoms with E-state index in [-0.39, 0.29) is 16.4 Å². The van der Waals surface area contributed by atoms with Gasteiger partial charge in [0.2, 0.25) is 0 Å². The first-order chi connectivity index (χ1) is 14.3. The fourth-order valence-corrected chi connectivity index (χ4v) is 4.34. The standard InChI is InChI=1S/C17H11ClN2O8S3/c18-10-2-4-11(5-3-10)20-16(22)13(15(21)19-17(20)29)7-9-1-6-12(30(23,24)25)8-14(9)31(26,27)28/h1-8H,(H,19,21,29)(H,23,24,25)(H,26,27,28)/b13-7+. The summed E-state index contributed by atoms with van der Waals surface area (Å²) in [6.45, 7) is 0. The van der Waals surface area contributed by atoms with Crippen molar-refractivity contribution in [1.29, 1.82) is 0 Å². The molecule has 0 unspecified atom stereocenters. The number of hydrogen-bond donors (Lipinski definition) is 3. The van der Waals surface area contributed by atoms with E-state index in [4.69, 9.17) is 28.4 Å². The third-order valence-corrected chi connectivity index (χ3v) is 6.34. The van der Waals surface area contributed by atoms with E-state index in [2.05, 4.69) is 5.32 Å². The van der Waals surface area contributed by atoms with Gasteiger partial charge in [-0.05, 0) is 60.3 Å². The highest BCUT2D eigenvalue weighted by Gasteiger charge is 2.35. The molecule has 14 heteroatoms. The van der Waals surface area contributed by atoms with Crippen molar-refractivity contribution in [3.63, 3.8) is 0 Å². The van der Waals surface area contributed by atoms with Gasteiger partial charge in [0.25, 0.3) is 32.1 Å². The monoisotopic (exact) mass is 502 g/mol. The van der Waals surface area contributed by atoms with E-state index < -0.39 is 47.4 Å². The highest BCUT2D eigenvalue weighted by Crippen LogP contribution is 2.27. The maximum absolute atomic E-state index is 13.0. The third-order valence-electron chi connectivity index (χ3n) is 4.05. The molecular weight excluding hydrogens is 492 g/mol. The van der Waals surface area contributed by atoms with E-state index in [0.29, 0.717) is 11.1 Å². The molecule has 3 rings (SSSR count). The van der Waals surface area contributed by atoms with Crippen LogP contribution in [0.2, 0.25) is 5.02 Å². The van der Waals surface area contributed by atoms with Crippen LogP contribution >= 0.6 is 23.8 Å². The van der Waals surface area contributed by atoms with Crippen LogP contribution in [-0.4, -0.2) is 42.9 Å². The van der Waals surface area contributed by atoms with Gasteiger partial charge in [-0.3, -0.25) is 28.9 Å². The highest BCUT2D eigenvalue weighted by atomic mass is 35.5. The van der Waals surface area contributed by atoms with Gasteiger partial charge in [-0.15, -0.1) is 0 Å². The number of hydrogen-bond acceptors (Lipinski definition) is 7. The average Bonchev–Trinajstić information content (AvgIpc) is 2.65. The van der Waals surface area contributed by atoms with Crippen LogP contribution in [0.5, 0.6) is 0 Å². The van der Waals surface area contributed by atoms with E-state index in [1.165, 1.54) is 24.3 Å². The molecular formula is C17H11ClN2O8S3. The van der Waals surface area contributed by atoms with Gasteiger partial charge in [0, 0.05) is 5.02 Å². The van der Waals surface area contributed by atoms with Crippen molar-refractivity contribution >= 4 is 72.7 Å². The Morgan fingerprint density at radius 1 is 0.968 bits per heavy atom. The van der Waals surface area contributed by atoms with Crippen LogP contribution < -0.4 is 10.2 Å². The zero-order valence-corrected chi connectivity index (χ0v) is 18.2. The molecule has 2 aromatic rings. The third kappa shape index (κ3) is 4.81. The number of anilines is 1.